The van der Waals surface area contributed by atoms with Gasteiger partial charge >= 0.3 is 0 Å². The number of β-amino-alcohol motifs (C(OH)–C–C–N with tert-alkyl or cyclic N) is 1. The first kappa shape index (κ1) is 22.2. The number of benzene rings is 2. The molecule has 1 fully saturated rings. The van der Waals surface area contributed by atoms with Gasteiger partial charge in [0.2, 0.25) is 5.95 Å². The van der Waals surface area contributed by atoms with Gasteiger partial charge in [0, 0.05) is 49.7 Å². The van der Waals surface area contributed by atoms with Gasteiger partial charge in [-0.25, -0.2) is 9.50 Å². The van der Waals surface area contributed by atoms with E-state index in [4.69, 9.17) is 9.84 Å². The third-order valence-electron chi connectivity index (χ3n) is 6.14. The number of nitrogens with one attached hydrogen (secondary N) is 1. The molecule has 0 bridgehead atoms. The number of hydrogen-bond donors (Lipinski definition) is 2. The van der Waals surface area contributed by atoms with Crippen LogP contribution < -0.4 is 15.0 Å². The van der Waals surface area contributed by atoms with Crippen molar-refractivity contribution in [3.05, 3.63) is 66.9 Å². The Morgan fingerprint density at radius 3 is 2.65 bits per heavy atom. The maximum atomic E-state index is 9.64. The first-order valence-electron chi connectivity index (χ1n) is 11.6. The minimum atomic E-state index is -0.291. The van der Waals surface area contributed by atoms with Gasteiger partial charge in [0.25, 0.3) is 0 Å². The van der Waals surface area contributed by atoms with E-state index in [0.717, 1.165) is 60.9 Å². The summed E-state index contributed by atoms with van der Waals surface area (Å²) in [6, 6.07) is 20.3. The smallest absolute Gasteiger partial charge is 0.245 e. The van der Waals surface area contributed by atoms with E-state index in [2.05, 4.69) is 32.2 Å². The number of piperazine rings is 1. The van der Waals surface area contributed by atoms with Crippen LogP contribution in [0.1, 0.15) is 6.92 Å². The number of ether oxygens (including phenoxy) is 1. The monoisotopic (exact) mass is 458 g/mol. The van der Waals surface area contributed by atoms with Gasteiger partial charge in [0.15, 0.2) is 0 Å². The molecule has 0 spiro atoms. The van der Waals surface area contributed by atoms with Crippen molar-refractivity contribution in [3.63, 3.8) is 0 Å². The Morgan fingerprint density at radius 1 is 1.03 bits per heavy atom. The standard InChI is InChI=1S/C26H30N6O2/c1-19(33)18-30-12-14-31(15-13-30)21-7-5-6-20(16-21)28-26-27-17-22-10-11-24(32(22)29-26)23-8-3-4-9-25(23)34-2/h3-11,16-17,19,33H,12-15,18H2,1-2H3,(H,28,29)/t19-/m0/s1. The first-order chi connectivity index (χ1) is 16.6. The maximum Gasteiger partial charge on any atom is 0.245 e. The molecule has 2 aromatic heterocycles. The van der Waals surface area contributed by atoms with E-state index in [1.807, 2.05) is 66.2 Å². The van der Waals surface area contributed by atoms with Gasteiger partial charge in [-0.05, 0) is 49.4 Å². The molecule has 176 valence electrons. The van der Waals surface area contributed by atoms with Gasteiger partial charge in [-0.15, -0.1) is 5.10 Å². The fourth-order valence-corrected chi connectivity index (χ4v) is 4.49. The van der Waals surface area contributed by atoms with E-state index in [1.54, 1.807) is 7.11 Å². The number of para-hydroxylation sites is 1. The van der Waals surface area contributed by atoms with Gasteiger partial charge in [0.1, 0.15) is 5.75 Å². The van der Waals surface area contributed by atoms with Crippen molar-refractivity contribution in [1.82, 2.24) is 19.5 Å². The molecule has 1 atom stereocenters. The second kappa shape index (κ2) is 9.70. The van der Waals surface area contributed by atoms with E-state index in [0.29, 0.717) is 5.95 Å². The Bertz CT molecular complexity index is 1260. The highest BCUT2D eigenvalue weighted by Gasteiger charge is 2.18. The summed E-state index contributed by atoms with van der Waals surface area (Å²) in [5, 5.41) is 17.8. The van der Waals surface area contributed by atoms with E-state index >= 15 is 0 Å². The fraction of sp³-hybridized carbons (Fsp3) is 0.308. The molecule has 8 heteroatoms. The number of fused-ring (bicyclic) bond motifs is 1. The van der Waals surface area contributed by atoms with Crippen molar-refractivity contribution >= 4 is 22.8 Å². The van der Waals surface area contributed by atoms with Crippen molar-refractivity contribution in [2.45, 2.75) is 13.0 Å². The molecule has 1 saturated heterocycles. The van der Waals surface area contributed by atoms with Crippen molar-refractivity contribution in [2.24, 2.45) is 0 Å². The van der Waals surface area contributed by atoms with Crippen molar-refractivity contribution in [3.8, 4) is 17.0 Å². The highest BCUT2D eigenvalue weighted by atomic mass is 16.5. The predicted octanol–water partition coefficient (Wildman–Crippen LogP) is 3.65. The summed E-state index contributed by atoms with van der Waals surface area (Å²) in [6.07, 6.45) is 1.53. The van der Waals surface area contributed by atoms with Crippen LogP contribution in [-0.4, -0.2) is 70.5 Å². The molecular weight excluding hydrogens is 428 g/mol. The van der Waals surface area contributed by atoms with Crippen LogP contribution in [0.4, 0.5) is 17.3 Å². The van der Waals surface area contributed by atoms with Crippen LogP contribution in [0.15, 0.2) is 66.9 Å². The number of aliphatic hydroxyl groups excluding tert-OH is 1. The molecule has 3 heterocycles. The summed E-state index contributed by atoms with van der Waals surface area (Å²) < 4.78 is 7.44. The first-order valence-corrected chi connectivity index (χ1v) is 11.6. The molecule has 5 rings (SSSR count). The van der Waals surface area contributed by atoms with E-state index < -0.39 is 0 Å². The van der Waals surface area contributed by atoms with Crippen LogP contribution in [-0.2, 0) is 0 Å². The average molecular weight is 459 g/mol. The van der Waals surface area contributed by atoms with Crippen LogP contribution in [0.5, 0.6) is 5.75 Å². The largest absolute Gasteiger partial charge is 0.496 e. The highest BCUT2D eigenvalue weighted by molar-refractivity contribution is 5.72. The Labute approximate surface area is 199 Å². The average Bonchev–Trinajstić information content (AvgIpc) is 3.27. The third-order valence-corrected chi connectivity index (χ3v) is 6.14. The molecule has 1 aliphatic rings. The fourth-order valence-electron chi connectivity index (χ4n) is 4.49. The SMILES string of the molecule is COc1ccccc1-c1ccc2cnc(Nc3cccc(N4CCN(C[C@H](C)O)CC4)c3)nn12. The summed E-state index contributed by atoms with van der Waals surface area (Å²) >= 11 is 0. The number of aromatic nitrogens is 3. The zero-order chi connectivity index (χ0) is 23.5. The molecule has 0 radical (unpaired) electrons. The number of anilines is 3. The van der Waals surface area contributed by atoms with Crippen molar-refractivity contribution in [2.75, 3.05) is 50.1 Å². The zero-order valence-corrected chi connectivity index (χ0v) is 19.6. The van der Waals surface area contributed by atoms with Crippen molar-refractivity contribution < 1.29 is 9.84 Å². The molecular formula is C26H30N6O2. The van der Waals surface area contributed by atoms with Crippen LogP contribution in [0.25, 0.3) is 16.8 Å². The molecule has 4 aromatic rings. The van der Waals surface area contributed by atoms with E-state index in [-0.39, 0.29) is 6.10 Å². The van der Waals surface area contributed by atoms with Crippen LogP contribution >= 0.6 is 0 Å². The minimum absolute atomic E-state index is 0.291. The van der Waals surface area contributed by atoms with Crippen LogP contribution in [0.2, 0.25) is 0 Å². The number of hydrogen-bond acceptors (Lipinski definition) is 7. The second-order valence-electron chi connectivity index (χ2n) is 8.65. The molecule has 1 aliphatic heterocycles. The van der Waals surface area contributed by atoms with E-state index in [9.17, 15) is 5.11 Å². The summed E-state index contributed by atoms with van der Waals surface area (Å²) in [5.74, 6) is 1.33. The lowest BCUT2D eigenvalue weighted by molar-refractivity contribution is 0.123. The van der Waals surface area contributed by atoms with Crippen LogP contribution in [0, 0.1) is 0 Å². The van der Waals surface area contributed by atoms with E-state index in [1.165, 1.54) is 5.69 Å². The minimum Gasteiger partial charge on any atom is -0.496 e. The van der Waals surface area contributed by atoms with Gasteiger partial charge < -0.3 is 20.1 Å². The molecule has 34 heavy (non-hydrogen) atoms. The van der Waals surface area contributed by atoms with Gasteiger partial charge in [-0.2, -0.15) is 0 Å². The number of rotatable bonds is 7. The molecule has 0 unspecified atom stereocenters. The number of methoxy groups -OCH3 is 1. The van der Waals surface area contributed by atoms with Crippen molar-refractivity contribution in [1.29, 1.82) is 0 Å². The lowest BCUT2D eigenvalue weighted by Crippen LogP contribution is -2.48. The summed E-state index contributed by atoms with van der Waals surface area (Å²) in [4.78, 5) is 9.20. The quantitative estimate of drug-likeness (QED) is 0.438. The Morgan fingerprint density at radius 2 is 1.85 bits per heavy atom. The summed E-state index contributed by atoms with van der Waals surface area (Å²) in [5.41, 5.74) is 4.94. The zero-order valence-electron chi connectivity index (χ0n) is 19.6. The normalized spacial score (nSPS) is 15.4. The topological polar surface area (TPSA) is 78.2 Å². The lowest BCUT2D eigenvalue weighted by Gasteiger charge is -2.36. The number of nitrogens with zero attached hydrogens (tertiary/aromatic N) is 5. The number of aliphatic hydroxyl groups is 1. The summed E-state index contributed by atoms with van der Waals surface area (Å²) in [7, 11) is 1.68. The molecule has 2 N–H and O–H groups in total. The molecule has 0 aliphatic carbocycles. The second-order valence-corrected chi connectivity index (χ2v) is 8.65. The Hall–Kier alpha value is -3.62. The van der Waals surface area contributed by atoms with Gasteiger partial charge in [-0.1, -0.05) is 18.2 Å². The maximum absolute atomic E-state index is 9.64. The van der Waals surface area contributed by atoms with Gasteiger partial charge in [-0.3, -0.25) is 4.90 Å². The molecule has 0 amide bonds. The summed E-state index contributed by atoms with van der Waals surface area (Å²) in [6.45, 7) is 6.33. The Kier molecular flexibility index (Phi) is 6.33. The molecule has 8 nitrogen and oxygen atoms in total. The van der Waals surface area contributed by atoms with Crippen LogP contribution in [0.3, 0.4) is 0 Å². The predicted molar refractivity (Wildman–Crippen MR) is 135 cm³/mol. The highest BCUT2D eigenvalue weighted by Crippen LogP contribution is 2.31. The third kappa shape index (κ3) is 4.69. The van der Waals surface area contributed by atoms with Gasteiger partial charge in [0.05, 0.1) is 30.6 Å². The lowest BCUT2D eigenvalue weighted by atomic mass is 10.1. The molecule has 2 aromatic carbocycles. The Balaban J connectivity index is 1.35. The molecule has 0 saturated carbocycles.